The zero-order valence-corrected chi connectivity index (χ0v) is 14.5. The second kappa shape index (κ2) is 7.19. The molecule has 0 unspecified atom stereocenters. The van der Waals surface area contributed by atoms with Gasteiger partial charge in [-0.3, -0.25) is 4.79 Å². The standard InChI is InChI=1S/C19H26FNO3/c1-14-11-16(20)3-4-17(14)18(22)21-8-5-19(6-9-21)7-10-24-13-15(19)12-23-2/h3-4,11,15H,5-10,12-13H2,1-2H3/t15-/m1/s1. The average Bonchev–Trinajstić information content (AvgIpc) is 2.57. The van der Waals surface area contributed by atoms with Gasteiger partial charge in [-0.25, -0.2) is 4.39 Å². The van der Waals surface area contributed by atoms with Gasteiger partial charge in [0, 0.05) is 38.3 Å². The number of nitrogens with zero attached hydrogens (tertiary/aromatic N) is 1. The number of piperidine rings is 1. The molecule has 4 nitrogen and oxygen atoms in total. The zero-order valence-electron chi connectivity index (χ0n) is 14.5. The van der Waals surface area contributed by atoms with Crippen molar-refractivity contribution in [2.24, 2.45) is 11.3 Å². The normalized spacial score (nSPS) is 23.5. The lowest BCUT2D eigenvalue weighted by Crippen LogP contribution is -2.50. The molecule has 1 aromatic carbocycles. The highest BCUT2D eigenvalue weighted by atomic mass is 19.1. The molecule has 0 saturated carbocycles. The maximum absolute atomic E-state index is 13.3. The predicted molar refractivity (Wildman–Crippen MR) is 89.5 cm³/mol. The number of hydrogen-bond donors (Lipinski definition) is 0. The van der Waals surface area contributed by atoms with Gasteiger partial charge in [0.25, 0.3) is 5.91 Å². The Kier molecular flexibility index (Phi) is 5.21. The summed E-state index contributed by atoms with van der Waals surface area (Å²) in [4.78, 5) is 14.7. The van der Waals surface area contributed by atoms with E-state index in [2.05, 4.69) is 0 Å². The van der Waals surface area contributed by atoms with Gasteiger partial charge in [-0.15, -0.1) is 0 Å². The molecule has 1 amide bonds. The van der Waals surface area contributed by atoms with Crippen molar-refractivity contribution < 1.29 is 18.7 Å². The molecule has 2 saturated heterocycles. The molecular weight excluding hydrogens is 309 g/mol. The highest BCUT2D eigenvalue weighted by molar-refractivity contribution is 5.95. The number of methoxy groups -OCH3 is 1. The summed E-state index contributed by atoms with van der Waals surface area (Å²) < 4.78 is 24.3. The Morgan fingerprint density at radius 3 is 2.79 bits per heavy atom. The fourth-order valence-corrected chi connectivity index (χ4v) is 4.16. The van der Waals surface area contributed by atoms with Crippen molar-refractivity contribution in [2.45, 2.75) is 26.2 Å². The van der Waals surface area contributed by atoms with Crippen molar-refractivity contribution in [3.63, 3.8) is 0 Å². The summed E-state index contributed by atoms with van der Waals surface area (Å²) in [5.41, 5.74) is 1.53. The number of aryl methyl sites for hydroxylation is 1. The van der Waals surface area contributed by atoms with Crippen LogP contribution >= 0.6 is 0 Å². The first-order chi connectivity index (χ1) is 11.6. The Bertz CT molecular complexity index is 594. The molecule has 0 aliphatic carbocycles. The fraction of sp³-hybridized carbons (Fsp3) is 0.632. The highest BCUT2D eigenvalue weighted by Crippen LogP contribution is 2.45. The minimum Gasteiger partial charge on any atom is -0.384 e. The molecular formula is C19H26FNO3. The smallest absolute Gasteiger partial charge is 0.254 e. The van der Waals surface area contributed by atoms with E-state index in [0.29, 0.717) is 23.7 Å². The molecule has 3 rings (SSSR count). The van der Waals surface area contributed by atoms with Crippen LogP contribution in [-0.2, 0) is 9.47 Å². The van der Waals surface area contributed by atoms with E-state index in [4.69, 9.17) is 9.47 Å². The molecule has 24 heavy (non-hydrogen) atoms. The topological polar surface area (TPSA) is 38.8 Å². The summed E-state index contributed by atoms with van der Waals surface area (Å²) in [6.45, 7) is 5.54. The molecule has 2 heterocycles. The molecule has 1 aromatic rings. The average molecular weight is 335 g/mol. The third-order valence-corrected chi connectivity index (χ3v) is 5.76. The lowest BCUT2D eigenvalue weighted by Gasteiger charge is -2.49. The first-order valence-corrected chi connectivity index (χ1v) is 8.68. The number of halogens is 1. The van der Waals surface area contributed by atoms with Crippen molar-refractivity contribution >= 4 is 5.91 Å². The minimum atomic E-state index is -0.300. The molecule has 1 atom stereocenters. The number of ether oxygens (including phenoxy) is 2. The number of hydrogen-bond acceptors (Lipinski definition) is 3. The Morgan fingerprint density at radius 1 is 1.38 bits per heavy atom. The van der Waals surface area contributed by atoms with Crippen molar-refractivity contribution in [1.82, 2.24) is 4.90 Å². The van der Waals surface area contributed by atoms with E-state index in [1.807, 2.05) is 4.90 Å². The van der Waals surface area contributed by atoms with Gasteiger partial charge < -0.3 is 14.4 Å². The van der Waals surface area contributed by atoms with E-state index in [9.17, 15) is 9.18 Å². The van der Waals surface area contributed by atoms with Gasteiger partial charge in [-0.1, -0.05) is 0 Å². The number of rotatable bonds is 3. The quantitative estimate of drug-likeness (QED) is 0.852. The van der Waals surface area contributed by atoms with E-state index in [1.54, 1.807) is 20.1 Å². The second-order valence-corrected chi connectivity index (χ2v) is 7.09. The van der Waals surface area contributed by atoms with Crippen molar-refractivity contribution in [3.8, 4) is 0 Å². The van der Waals surface area contributed by atoms with Crippen molar-refractivity contribution in [1.29, 1.82) is 0 Å². The minimum absolute atomic E-state index is 0.0118. The summed E-state index contributed by atoms with van der Waals surface area (Å²) in [6.07, 6.45) is 3.01. The lowest BCUT2D eigenvalue weighted by molar-refractivity contribution is -0.0912. The molecule has 132 valence electrons. The van der Waals surface area contributed by atoms with Crippen molar-refractivity contribution in [3.05, 3.63) is 35.1 Å². The molecule has 0 N–H and O–H groups in total. The van der Waals surface area contributed by atoms with Crippen LogP contribution in [0.15, 0.2) is 18.2 Å². The van der Waals surface area contributed by atoms with Gasteiger partial charge in [0.2, 0.25) is 0 Å². The van der Waals surface area contributed by atoms with Crippen LogP contribution in [0.4, 0.5) is 4.39 Å². The van der Waals surface area contributed by atoms with Gasteiger partial charge in [0.05, 0.1) is 13.2 Å². The van der Waals surface area contributed by atoms with Gasteiger partial charge in [0.15, 0.2) is 0 Å². The highest BCUT2D eigenvalue weighted by Gasteiger charge is 2.44. The Hall–Kier alpha value is -1.46. The lowest BCUT2D eigenvalue weighted by atomic mass is 9.66. The first kappa shape index (κ1) is 17.4. The van der Waals surface area contributed by atoms with Crippen LogP contribution in [0.2, 0.25) is 0 Å². The summed E-state index contributed by atoms with van der Waals surface area (Å²) in [5.74, 6) is 0.116. The van der Waals surface area contributed by atoms with E-state index >= 15 is 0 Å². The summed E-state index contributed by atoms with van der Waals surface area (Å²) in [6, 6.07) is 4.38. The van der Waals surface area contributed by atoms with E-state index in [1.165, 1.54) is 12.1 Å². The molecule has 2 fully saturated rings. The predicted octanol–water partition coefficient (Wildman–Crippen LogP) is 3.04. The number of amides is 1. The molecule has 2 aliphatic rings. The van der Waals surface area contributed by atoms with Crippen LogP contribution in [0.25, 0.3) is 0 Å². The maximum Gasteiger partial charge on any atom is 0.254 e. The van der Waals surface area contributed by atoms with Gasteiger partial charge in [-0.2, -0.15) is 0 Å². The van der Waals surface area contributed by atoms with Crippen LogP contribution in [0.5, 0.6) is 0 Å². The molecule has 5 heteroatoms. The van der Waals surface area contributed by atoms with Crippen LogP contribution in [-0.4, -0.2) is 50.8 Å². The van der Waals surface area contributed by atoms with E-state index in [0.717, 1.165) is 45.6 Å². The van der Waals surface area contributed by atoms with Crippen molar-refractivity contribution in [2.75, 3.05) is 40.0 Å². The summed E-state index contributed by atoms with van der Waals surface area (Å²) in [7, 11) is 1.73. The van der Waals surface area contributed by atoms with Gasteiger partial charge in [0.1, 0.15) is 5.82 Å². The van der Waals surface area contributed by atoms with E-state index in [-0.39, 0.29) is 17.1 Å². The molecule has 0 bridgehead atoms. The largest absolute Gasteiger partial charge is 0.384 e. The maximum atomic E-state index is 13.3. The molecule has 2 aliphatic heterocycles. The van der Waals surface area contributed by atoms with E-state index < -0.39 is 0 Å². The first-order valence-electron chi connectivity index (χ1n) is 8.68. The van der Waals surface area contributed by atoms with Crippen LogP contribution in [0.1, 0.15) is 35.2 Å². The summed E-state index contributed by atoms with van der Waals surface area (Å²) >= 11 is 0. The number of likely N-dealkylation sites (tertiary alicyclic amines) is 1. The molecule has 0 aromatic heterocycles. The zero-order chi connectivity index (χ0) is 17.2. The Balaban J connectivity index is 1.68. The summed E-state index contributed by atoms with van der Waals surface area (Å²) in [5, 5.41) is 0. The van der Waals surface area contributed by atoms with Crippen LogP contribution < -0.4 is 0 Å². The van der Waals surface area contributed by atoms with Gasteiger partial charge >= 0.3 is 0 Å². The Labute approximate surface area is 142 Å². The third kappa shape index (κ3) is 3.33. The number of carbonyl (C=O) groups is 1. The molecule has 1 spiro atoms. The number of carbonyl (C=O) groups excluding carboxylic acids is 1. The van der Waals surface area contributed by atoms with Crippen LogP contribution in [0.3, 0.4) is 0 Å². The SMILES string of the molecule is COC[C@@H]1COCCC12CCN(C(=O)c1ccc(F)cc1C)CC2. The second-order valence-electron chi connectivity index (χ2n) is 7.09. The Morgan fingerprint density at radius 2 is 2.12 bits per heavy atom. The monoisotopic (exact) mass is 335 g/mol. The van der Waals surface area contributed by atoms with Gasteiger partial charge in [-0.05, 0) is 55.4 Å². The van der Waals surface area contributed by atoms with Crippen LogP contribution in [0, 0.1) is 24.1 Å². The molecule has 0 radical (unpaired) electrons. The fourth-order valence-electron chi connectivity index (χ4n) is 4.16. The number of benzene rings is 1. The third-order valence-electron chi connectivity index (χ3n) is 5.76.